The predicted molar refractivity (Wildman–Crippen MR) is 101 cm³/mol. The first kappa shape index (κ1) is 16.9. The zero-order valence-corrected chi connectivity index (χ0v) is 14.6. The molecule has 0 spiro atoms. The number of pyridine rings is 1. The molecule has 4 rings (SSSR count). The normalized spacial score (nSPS) is 10.9. The molecule has 134 valence electrons. The molecular weight excluding hydrogens is 345 g/mol. The van der Waals surface area contributed by atoms with Gasteiger partial charge in [-0.2, -0.15) is 5.10 Å². The molecule has 5 nitrogen and oxygen atoms in total. The Kier molecular flexibility index (Phi) is 4.38. The van der Waals surface area contributed by atoms with Gasteiger partial charge >= 0.3 is 5.97 Å². The molecule has 0 aliphatic heterocycles. The topological polar surface area (TPSA) is 67.9 Å². The molecule has 2 heterocycles. The molecule has 2 aromatic carbocycles. The van der Waals surface area contributed by atoms with Crippen molar-refractivity contribution >= 4 is 17.0 Å². The maximum Gasteiger partial charge on any atom is 0.338 e. The lowest BCUT2D eigenvalue weighted by Gasteiger charge is -2.04. The number of nitrogens with zero attached hydrogens (tertiary/aromatic N) is 2. The Labute approximate surface area is 154 Å². The number of benzene rings is 2. The van der Waals surface area contributed by atoms with Crippen LogP contribution in [-0.2, 0) is 4.74 Å². The van der Waals surface area contributed by atoms with Crippen molar-refractivity contribution in [1.82, 2.24) is 15.2 Å². The predicted octanol–water partition coefficient (Wildman–Crippen LogP) is 4.61. The van der Waals surface area contributed by atoms with Gasteiger partial charge in [0, 0.05) is 16.5 Å². The summed E-state index contributed by atoms with van der Waals surface area (Å²) in [6, 6.07) is 17.1. The van der Waals surface area contributed by atoms with Crippen LogP contribution in [0.3, 0.4) is 0 Å². The number of aromatic nitrogens is 3. The number of H-pyrrole nitrogens is 1. The zero-order chi connectivity index (χ0) is 18.8. The van der Waals surface area contributed by atoms with E-state index in [0.717, 1.165) is 27.9 Å². The van der Waals surface area contributed by atoms with Crippen molar-refractivity contribution in [3.63, 3.8) is 0 Å². The summed E-state index contributed by atoms with van der Waals surface area (Å²) in [6.07, 6.45) is 0. The third-order valence-corrected chi connectivity index (χ3v) is 4.24. The molecule has 2 aromatic heterocycles. The Hall–Kier alpha value is -3.54. The molecule has 4 aromatic rings. The van der Waals surface area contributed by atoms with Crippen molar-refractivity contribution in [1.29, 1.82) is 0 Å². The smallest absolute Gasteiger partial charge is 0.338 e. The summed E-state index contributed by atoms with van der Waals surface area (Å²) in [6.45, 7) is 2.11. The van der Waals surface area contributed by atoms with Crippen molar-refractivity contribution in [3.05, 3.63) is 72.0 Å². The monoisotopic (exact) mass is 361 g/mol. The summed E-state index contributed by atoms with van der Waals surface area (Å²) < 4.78 is 18.1. The number of ether oxygens (including phenoxy) is 1. The van der Waals surface area contributed by atoms with E-state index < -0.39 is 0 Å². The molecule has 0 amide bonds. The molecule has 0 fully saturated rings. The average molecular weight is 361 g/mol. The number of fused-ring (bicyclic) bond motifs is 1. The van der Waals surface area contributed by atoms with E-state index in [2.05, 4.69) is 15.2 Å². The number of halogens is 1. The average Bonchev–Trinajstić information content (AvgIpc) is 3.12. The van der Waals surface area contributed by atoms with Gasteiger partial charge in [0.25, 0.3) is 0 Å². The first-order chi connectivity index (χ1) is 13.2. The van der Waals surface area contributed by atoms with Gasteiger partial charge in [0.2, 0.25) is 0 Å². The van der Waals surface area contributed by atoms with Crippen molar-refractivity contribution in [2.24, 2.45) is 0 Å². The van der Waals surface area contributed by atoms with Gasteiger partial charge in [0.1, 0.15) is 5.82 Å². The van der Waals surface area contributed by atoms with E-state index in [4.69, 9.17) is 4.74 Å². The van der Waals surface area contributed by atoms with Crippen LogP contribution >= 0.6 is 0 Å². The van der Waals surface area contributed by atoms with E-state index in [-0.39, 0.29) is 11.8 Å². The first-order valence-electron chi connectivity index (χ1n) is 8.54. The Morgan fingerprint density at radius 3 is 2.41 bits per heavy atom. The minimum absolute atomic E-state index is 0.283. The second-order valence-electron chi connectivity index (χ2n) is 5.97. The highest BCUT2D eigenvalue weighted by atomic mass is 19.1. The fraction of sp³-hybridized carbons (Fsp3) is 0.0952. The van der Waals surface area contributed by atoms with Gasteiger partial charge < -0.3 is 4.74 Å². The number of hydrogen-bond acceptors (Lipinski definition) is 4. The Bertz CT molecular complexity index is 1100. The van der Waals surface area contributed by atoms with Crippen LogP contribution in [0.1, 0.15) is 17.3 Å². The van der Waals surface area contributed by atoms with Crippen molar-refractivity contribution in [2.75, 3.05) is 6.61 Å². The number of rotatable bonds is 4. The number of carbonyl (C=O) groups is 1. The molecule has 0 radical (unpaired) electrons. The van der Waals surface area contributed by atoms with Crippen molar-refractivity contribution < 1.29 is 13.9 Å². The van der Waals surface area contributed by atoms with Crippen molar-refractivity contribution in [2.45, 2.75) is 6.92 Å². The third kappa shape index (κ3) is 3.29. The molecule has 0 bridgehead atoms. The van der Waals surface area contributed by atoms with E-state index in [1.165, 1.54) is 12.1 Å². The fourth-order valence-electron chi connectivity index (χ4n) is 2.89. The van der Waals surface area contributed by atoms with Crippen LogP contribution in [0.5, 0.6) is 0 Å². The first-order valence-corrected chi connectivity index (χ1v) is 8.54. The maximum atomic E-state index is 13.1. The number of nitrogens with one attached hydrogen (secondary N) is 1. The van der Waals surface area contributed by atoms with E-state index in [1.807, 2.05) is 24.3 Å². The van der Waals surface area contributed by atoms with Gasteiger partial charge in [0.05, 0.1) is 23.6 Å². The van der Waals surface area contributed by atoms with Crippen molar-refractivity contribution in [3.8, 4) is 22.5 Å². The van der Waals surface area contributed by atoms with Crippen LogP contribution in [-0.4, -0.2) is 27.8 Å². The summed E-state index contributed by atoms with van der Waals surface area (Å²) in [5, 5.41) is 8.09. The molecule has 6 heteroatoms. The summed E-state index contributed by atoms with van der Waals surface area (Å²) >= 11 is 0. The fourth-order valence-corrected chi connectivity index (χ4v) is 2.89. The van der Waals surface area contributed by atoms with E-state index in [1.54, 1.807) is 31.2 Å². The second kappa shape index (κ2) is 6.99. The molecular formula is C21H16FN3O2. The molecule has 0 aliphatic carbocycles. The highest BCUT2D eigenvalue weighted by molar-refractivity contribution is 5.92. The van der Waals surface area contributed by atoms with Crippen LogP contribution in [0.15, 0.2) is 60.7 Å². The summed E-state index contributed by atoms with van der Waals surface area (Å²) in [7, 11) is 0. The Balaban J connectivity index is 1.66. The van der Waals surface area contributed by atoms with Gasteiger partial charge in [-0.15, -0.1) is 0 Å². The van der Waals surface area contributed by atoms with Crippen LogP contribution in [0.4, 0.5) is 4.39 Å². The lowest BCUT2D eigenvalue weighted by Crippen LogP contribution is -2.04. The summed E-state index contributed by atoms with van der Waals surface area (Å²) in [5.41, 5.74) is 4.32. The molecule has 0 saturated carbocycles. The van der Waals surface area contributed by atoms with Crippen LogP contribution in [0.25, 0.3) is 33.5 Å². The summed E-state index contributed by atoms with van der Waals surface area (Å²) in [4.78, 5) is 16.3. The SMILES string of the molecule is CCOC(=O)c1ccc(-c2ccc3c(-c4ccc(F)cc4)[nH]nc3n2)cc1. The lowest BCUT2D eigenvalue weighted by atomic mass is 10.1. The van der Waals surface area contributed by atoms with Crippen LogP contribution in [0, 0.1) is 5.82 Å². The number of esters is 1. The van der Waals surface area contributed by atoms with Crippen LogP contribution < -0.4 is 0 Å². The molecule has 0 saturated heterocycles. The maximum absolute atomic E-state index is 13.1. The van der Waals surface area contributed by atoms with E-state index in [9.17, 15) is 9.18 Å². The van der Waals surface area contributed by atoms with Crippen LogP contribution in [0.2, 0.25) is 0 Å². The minimum atomic E-state index is -0.344. The highest BCUT2D eigenvalue weighted by Gasteiger charge is 2.11. The Morgan fingerprint density at radius 2 is 1.70 bits per heavy atom. The number of aromatic amines is 1. The molecule has 0 aliphatic rings. The molecule has 27 heavy (non-hydrogen) atoms. The van der Waals surface area contributed by atoms with Gasteiger partial charge in [-0.1, -0.05) is 12.1 Å². The molecule has 1 N–H and O–H groups in total. The number of carbonyl (C=O) groups excluding carboxylic acids is 1. The van der Waals surface area contributed by atoms with Gasteiger partial charge in [-0.05, 0) is 55.5 Å². The third-order valence-electron chi connectivity index (χ3n) is 4.24. The number of hydrogen-bond donors (Lipinski definition) is 1. The molecule has 0 unspecified atom stereocenters. The standard InChI is InChI=1S/C21H16FN3O2/c1-2-27-21(26)15-5-3-13(4-6-15)18-12-11-17-19(24-25-20(17)23-18)14-7-9-16(22)10-8-14/h3-12H,2H2,1H3,(H,23,24,25). The van der Waals surface area contributed by atoms with Gasteiger partial charge in [-0.3, -0.25) is 5.10 Å². The van der Waals surface area contributed by atoms with Gasteiger partial charge in [-0.25, -0.2) is 14.2 Å². The quantitative estimate of drug-likeness (QED) is 0.539. The summed E-state index contributed by atoms with van der Waals surface area (Å²) in [5.74, 6) is -0.627. The highest BCUT2D eigenvalue weighted by Crippen LogP contribution is 2.28. The lowest BCUT2D eigenvalue weighted by molar-refractivity contribution is 0.0526. The minimum Gasteiger partial charge on any atom is -0.462 e. The largest absolute Gasteiger partial charge is 0.462 e. The zero-order valence-electron chi connectivity index (χ0n) is 14.6. The Morgan fingerprint density at radius 1 is 1.00 bits per heavy atom. The van der Waals surface area contributed by atoms with Gasteiger partial charge in [0.15, 0.2) is 5.65 Å². The van der Waals surface area contributed by atoms with E-state index >= 15 is 0 Å². The van der Waals surface area contributed by atoms with E-state index in [0.29, 0.717) is 17.8 Å². The second-order valence-corrected chi connectivity index (χ2v) is 5.97. The molecule has 0 atom stereocenters.